The van der Waals surface area contributed by atoms with E-state index in [1.807, 2.05) is 0 Å². The van der Waals surface area contributed by atoms with Crippen LogP contribution in [0.3, 0.4) is 0 Å². The molecule has 0 aliphatic carbocycles. The minimum absolute atomic E-state index is 0.00572. The first-order valence-electron chi connectivity index (χ1n) is 8.16. The second-order valence-corrected chi connectivity index (χ2v) is 6.09. The summed E-state index contributed by atoms with van der Waals surface area (Å²) in [7, 11) is 1.32. The van der Waals surface area contributed by atoms with E-state index in [9.17, 15) is 27.7 Å². The number of halogens is 4. The van der Waals surface area contributed by atoms with Crippen LogP contribution in [0.25, 0.3) is 0 Å². The Labute approximate surface area is 156 Å². The van der Waals surface area contributed by atoms with Gasteiger partial charge in [-0.3, -0.25) is 10.1 Å². The first kappa shape index (κ1) is 19.6. The highest BCUT2D eigenvalue weighted by Gasteiger charge is 2.33. The van der Waals surface area contributed by atoms with Crippen molar-refractivity contribution >= 4 is 11.4 Å². The van der Waals surface area contributed by atoms with Crippen molar-refractivity contribution in [3.63, 3.8) is 0 Å². The third kappa shape index (κ3) is 4.07. The summed E-state index contributed by atoms with van der Waals surface area (Å²) < 4.78 is 62.4. The maximum Gasteiger partial charge on any atom is 0.417 e. The van der Waals surface area contributed by atoms with Crippen LogP contribution in [0.2, 0.25) is 0 Å². The van der Waals surface area contributed by atoms with Crippen molar-refractivity contribution in [2.45, 2.75) is 18.7 Å². The number of hydrogen-bond donors (Lipinski definition) is 0. The number of nitrogens with zero attached hydrogens (tertiary/aromatic N) is 3. The van der Waals surface area contributed by atoms with Crippen molar-refractivity contribution in [2.24, 2.45) is 0 Å². The van der Waals surface area contributed by atoms with Crippen LogP contribution in [0.15, 0.2) is 30.5 Å². The molecule has 11 heteroatoms. The van der Waals surface area contributed by atoms with E-state index in [0.29, 0.717) is 19.2 Å². The van der Waals surface area contributed by atoms with Gasteiger partial charge >= 0.3 is 11.9 Å². The maximum absolute atomic E-state index is 14.1. The highest BCUT2D eigenvalue weighted by Crippen LogP contribution is 2.37. The van der Waals surface area contributed by atoms with Crippen LogP contribution in [0.4, 0.5) is 28.9 Å². The van der Waals surface area contributed by atoms with Gasteiger partial charge in [-0.1, -0.05) is 0 Å². The number of nitro groups is 1. The molecular weight excluding hydrogens is 386 g/mol. The zero-order valence-corrected chi connectivity index (χ0v) is 14.6. The van der Waals surface area contributed by atoms with Gasteiger partial charge in [0.15, 0.2) is 0 Å². The maximum atomic E-state index is 14.1. The zero-order valence-electron chi connectivity index (χ0n) is 14.6. The predicted molar refractivity (Wildman–Crippen MR) is 90.1 cm³/mol. The zero-order chi connectivity index (χ0) is 20.5. The van der Waals surface area contributed by atoms with Gasteiger partial charge in [-0.05, 0) is 6.07 Å². The minimum atomic E-state index is -4.49. The van der Waals surface area contributed by atoms with Crippen LogP contribution in [0, 0.1) is 15.9 Å². The number of hydrogen-bond acceptors (Lipinski definition) is 6. The number of ether oxygens (including phenoxy) is 2. The lowest BCUT2D eigenvalue weighted by Crippen LogP contribution is -2.25. The Morgan fingerprint density at radius 1 is 1.32 bits per heavy atom. The molecule has 1 aliphatic rings. The molecule has 1 saturated heterocycles. The van der Waals surface area contributed by atoms with Gasteiger partial charge in [0.1, 0.15) is 17.5 Å². The molecule has 3 rings (SSSR count). The normalized spacial score (nSPS) is 16.9. The highest BCUT2D eigenvalue weighted by atomic mass is 19.4. The molecule has 2 aromatic rings. The molecule has 1 aromatic carbocycles. The summed E-state index contributed by atoms with van der Waals surface area (Å²) in [6, 6.07) is 4.26. The average molecular weight is 401 g/mol. The van der Waals surface area contributed by atoms with E-state index < -0.39 is 34.3 Å². The summed E-state index contributed by atoms with van der Waals surface area (Å²) in [6.45, 7) is 0.509. The molecule has 2 heterocycles. The summed E-state index contributed by atoms with van der Waals surface area (Å²) in [5, 5.41) is 11.2. The van der Waals surface area contributed by atoms with E-state index in [1.54, 1.807) is 4.90 Å². The first-order chi connectivity index (χ1) is 13.2. The van der Waals surface area contributed by atoms with Crippen LogP contribution >= 0.6 is 0 Å². The molecule has 1 atom stereocenters. The summed E-state index contributed by atoms with van der Waals surface area (Å²) >= 11 is 0. The number of methoxy groups -OCH3 is 1. The smallest absolute Gasteiger partial charge is 0.417 e. The van der Waals surface area contributed by atoms with Crippen molar-refractivity contribution in [3.8, 4) is 11.6 Å². The number of aromatic nitrogens is 1. The minimum Gasteiger partial charge on any atom is -0.497 e. The Morgan fingerprint density at radius 2 is 2.07 bits per heavy atom. The Hall–Kier alpha value is -3.11. The summed E-state index contributed by atoms with van der Waals surface area (Å²) in [5.74, 6) is -0.883. The summed E-state index contributed by atoms with van der Waals surface area (Å²) in [4.78, 5) is 15.7. The second-order valence-electron chi connectivity index (χ2n) is 6.09. The van der Waals surface area contributed by atoms with E-state index in [1.165, 1.54) is 13.2 Å². The highest BCUT2D eigenvalue weighted by molar-refractivity contribution is 5.67. The van der Waals surface area contributed by atoms with Gasteiger partial charge in [-0.15, -0.1) is 0 Å². The second kappa shape index (κ2) is 7.49. The number of benzene rings is 1. The van der Waals surface area contributed by atoms with Crippen molar-refractivity contribution in [3.05, 3.63) is 52.0 Å². The number of rotatable bonds is 5. The van der Waals surface area contributed by atoms with E-state index in [4.69, 9.17) is 9.47 Å². The summed E-state index contributed by atoms with van der Waals surface area (Å²) in [6.07, 6.45) is -3.87. The van der Waals surface area contributed by atoms with Gasteiger partial charge in [-0.25, -0.2) is 4.98 Å². The van der Waals surface area contributed by atoms with Crippen LogP contribution in [0.5, 0.6) is 11.6 Å². The first-order valence-corrected chi connectivity index (χ1v) is 8.16. The molecule has 0 radical (unpaired) electrons. The van der Waals surface area contributed by atoms with Crippen molar-refractivity contribution < 1.29 is 32.0 Å². The molecule has 150 valence electrons. The Kier molecular flexibility index (Phi) is 5.25. The van der Waals surface area contributed by atoms with Crippen LogP contribution in [0.1, 0.15) is 12.0 Å². The number of anilines is 1. The predicted octanol–water partition coefficient (Wildman–Crippen LogP) is 3.81. The van der Waals surface area contributed by atoms with Gasteiger partial charge in [0.25, 0.3) is 0 Å². The van der Waals surface area contributed by atoms with E-state index in [2.05, 4.69) is 4.98 Å². The fraction of sp³-hybridized carbons (Fsp3) is 0.353. The van der Waals surface area contributed by atoms with Gasteiger partial charge in [-0.2, -0.15) is 17.6 Å². The molecule has 28 heavy (non-hydrogen) atoms. The third-order valence-corrected chi connectivity index (χ3v) is 4.27. The van der Waals surface area contributed by atoms with Crippen LogP contribution in [-0.2, 0) is 6.18 Å². The molecule has 0 saturated carbocycles. The van der Waals surface area contributed by atoms with Crippen LogP contribution < -0.4 is 14.4 Å². The Bertz CT molecular complexity index is 874. The molecule has 1 aliphatic heterocycles. The molecule has 1 aromatic heterocycles. The number of nitro benzene ring substituents is 1. The molecule has 1 fully saturated rings. The SMILES string of the molecule is COc1cc(F)c([N+](=O)[O-])c(N2CCC(Oc3ccc(C(F)(F)F)cn3)C2)c1. The summed E-state index contributed by atoms with van der Waals surface area (Å²) in [5.41, 5.74) is -1.52. The molecule has 0 N–H and O–H groups in total. The van der Waals surface area contributed by atoms with Gasteiger partial charge in [0.2, 0.25) is 11.7 Å². The van der Waals surface area contributed by atoms with E-state index >= 15 is 0 Å². The fourth-order valence-corrected chi connectivity index (χ4v) is 2.93. The fourth-order valence-electron chi connectivity index (χ4n) is 2.93. The topological polar surface area (TPSA) is 77.7 Å². The van der Waals surface area contributed by atoms with Crippen molar-refractivity contribution in [1.29, 1.82) is 0 Å². The standard InChI is InChI=1S/C17H15F4N3O4/c1-27-12-6-13(18)16(24(25)26)14(7-12)23-5-4-11(9-23)28-15-3-2-10(8-22-15)17(19,20)21/h2-3,6-8,11H,4-5,9H2,1H3. The third-order valence-electron chi connectivity index (χ3n) is 4.27. The number of alkyl halides is 3. The monoisotopic (exact) mass is 401 g/mol. The quantitative estimate of drug-likeness (QED) is 0.431. The van der Waals surface area contributed by atoms with Gasteiger partial charge < -0.3 is 14.4 Å². The van der Waals surface area contributed by atoms with Crippen molar-refractivity contribution in [2.75, 3.05) is 25.1 Å². The van der Waals surface area contributed by atoms with Crippen LogP contribution in [-0.4, -0.2) is 36.2 Å². The molecule has 0 amide bonds. The van der Waals surface area contributed by atoms with Gasteiger partial charge in [0.05, 0.1) is 24.1 Å². The Balaban J connectivity index is 1.75. The van der Waals surface area contributed by atoms with E-state index in [-0.39, 0.29) is 23.9 Å². The van der Waals surface area contributed by atoms with E-state index in [0.717, 1.165) is 18.2 Å². The number of pyridine rings is 1. The lowest BCUT2D eigenvalue weighted by Gasteiger charge is -2.19. The molecule has 0 spiro atoms. The molecular formula is C17H15F4N3O4. The Morgan fingerprint density at radius 3 is 2.64 bits per heavy atom. The molecule has 1 unspecified atom stereocenters. The lowest BCUT2D eigenvalue weighted by atomic mass is 10.2. The van der Waals surface area contributed by atoms with Gasteiger partial charge in [0, 0.05) is 37.4 Å². The molecule has 7 nitrogen and oxygen atoms in total. The molecule has 0 bridgehead atoms. The lowest BCUT2D eigenvalue weighted by molar-refractivity contribution is -0.386. The van der Waals surface area contributed by atoms with Crippen molar-refractivity contribution in [1.82, 2.24) is 4.98 Å². The largest absolute Gasteiger partial charge is 0.497 e. The average Bonchev–Trinajstić information content (AvgIpc) is 3.08.